The van der Waals surface area contributed by atoms with Crippen molar-refractivity contribution in [1.82, 2.24) is 19.4 Å². The van der Waals surface area contributed by atoms with Crippen molar-refractivity contribution in [2.24, 2.45) is 0 Å². The Morgan fingerprint density at radius 3 is 2.81 bits per heavy atom. The normalized spacial score (nSPS) is 15.3. The minimum absolute atomic E-state index is 0.134. The zero-order chi connectivity index (χ0) is 18.7. The van der Waals surface area contributed by atoms with E-state index in [0.29, 0.717) is 11.4 Å². The number of rotatable bonds is 6. The fourth-order valence-corrected chi connectivity index (χ4v) is 4.99. The van der Waals surface area contributed by atoms with Gasteiger partial charge in [0.05, 0.1) is 11.1 Å². The van der Waals surface area contributed by atoms with Gasteiger partial charge in [0.25, 0.3) is 0 Å². The molecule has 1 N–H and O–H groups in total. The van der Waals surface area contributed by atoms with Crippen LogP contribution in [-0.4, -0.2) is 35.1 Å². The van der Waals surface area contributed by atoms with Crippen molar-refractivity contribution in [2.45, 2.75) is 64.2 Å². The average molecular weight is 377 g/mol. The van der Waals surface area contributed by atoms with Gasteiger partial charge in [-0.05, 0) is 63.4 Å². The third-order valence-electron chi connectivity index (χ3n) is 4.82. The zero-order valence-corrected chi connectivity index (χ0v) is 16.6. The molecule has 0 aliphatic carbocycles. The standard InChI is InChI=1S/C19H28N4O2S/c1-4-22-13-16(11-21-22)14-23(15(2)3)26(24,25)19-8-7-18-12-20-9-5-6-17(18)10-19/h7-8,10-11,13,15,20H,4-6,9,12,14H2,1-3H3. The Morgan fingerprint density at radius 2 is 2.12 bits per heavy atom. The summed E-state index contributed by atoms with van der Waals surface area (Å²) in [6, 6.07) is 5.42. The lowest BCUT2D eigenvalue weighted by molar-refractivity contribution is 0.348. The zero-order valence-electron chi connectivity index (χ0n) is 15.8. The predicted molar refractivity (Wildman–Crippen MR) is 102 cm³/mol. The minimum atomic E-state index is -3.57. The van der Waals surface area contributed by atoms with Crippen LogP contribution in [0.4, 0.5) is 0 Å². The van der Waals surface area contributed by atoms with Gasteiger partial charge in [-0.1, -0.05) is 6.07 Å². The van der Waals surface area contributed by atoms with E-state index in [1.807, 2.05) is 43.8 Å². The summed E-state index contributed by atoms with van der Waals surface area (Å²) in [5.74, 6) is 0. The van der Waals surface area contributed by atoms with Crippen molar-refractivity contribution >= 4 is 10.0 Å². The van der Waals surface area contributed by atoms with Gasteiger partial charge in [-0.15, -0.1) is 0 Å². The van der Waals surface area contributed by atoms with Gasteiger partial charge >= 0.3 is 0 Å². The highest BCUT2D eigenvalue weighted by molar-refractivity contribution is 7.89. The number of nitrogens with zero attached hydrogens (tertiary/aromatic N) is 3. The van der Waals surface area contributed by atoms with E-state index >= 15 is 0 Å². The van der Waals surface area contributed by atoms with Crippen LogP contribution >= 0.6 is 0 Å². The van der Waals surface area contributed by atoms with Crippen LogP contribution in [0.5, 0.6) is 0 Å². The second-order valence-corrected chi connectivity index (χ2v) is 8.95. The summed E-state index contributed by atoms with van der Waals surface area (Å²) in [5, 5.41) is 7.63. The van der Waals surface area contributed by atoms with Crippen molar-refractivity contribution in [3.05, 3.63) is 47.3 Å². The van der Waals surface area contributed by atoms with Crippen molar-refractivity contribution in [1.29, 1.82) is 0 Å². The number of nitrogens with one attached hydrogen (secondary N) is 1. The number of fused-ring (bicyclic) bond motifs is 1. The SMILES string of the molecule is CCn1cc(CN(C(C)C)S(=O)(=O)c2ccc3c(c2)CCCNC3)cn1. The molecule has 3 rings (SSSR count). The Bertz CT molecular complexity index is 858. The lowest BCUT2D eigenvalue weighted by atomic mass is 10.0. The van der Waals surface area contributed by atoms with E-state index in [4.69, 9.17) is 0 Å². The molecule has 0 saturated carbocycles. The smallest absolute Gasteiger partial charge is 0.243 e. The second-order valence-electron chi connectivity index (χ2n) is 7.06. The van der Waals surface area contributed by atoms with Gasteiger partial charge in [-0.2, -0.15) is 9.40 Å². The lowest BCUT2D eigenvalue weighted by Crippen LogP contribution is -2.36. The molecule has 1 aliphatic rings. The molecule has 0 spiro atoms. The minimum Gasteiger partial charge on any atom is -0.313 e. The van der Waals surface area contributed by atoms with E-state index < -0.39 is 10.0 Å². The number of aryl methyl sites for hydroxylation is 2. The molecule has 0 bridgehead atoms. The Hall–Kier alpha value is -1.70. The molecule has 1 aromatic carbocycles. The monoisotopic (exact) mass is 376 g/mol. The molecule has 26 heavy (non-hydrogen) atoms. The Morgan fingerprint density at radius 1 is 1.31 bits per heavy atom. The third-order valence-corrected chi connectivity index (χ3v) is 6.84. The van der Waals surface area contributed by atoms with Gasteiger partial charge in [-0.25, -0.2) is 8.42 Å². The molecule has 0 radical (unpaired) electrons. The van der Waals surface area contributed by atoms with Crippen molar-refractivity contribution in [3.63, 3.8) is 0 Å². The molecule has 6 nitrogen and oxygen atoms in total. The van der Waals surface area contributed by atoms with E-state index in [9.17, 15) is 8.42 Å². The molecule has 0 saturated heterocycles. The highest BCUT2D eigenvalue weighted by atomic mass is 32.2. The van der Waals surface area contributed by atoms with E-state index in [1.165, 1.54) is 5.56 Å². The number of hydrogen-bond acceptors (Lipinski definition) is 4. The van der Waals surface area contributed by atoms with Crippen LogP contribution in [0.3, 0.4) is 0 Å². The molecule has 1 aliphatic heterocycles. The number of hydrogen-bond donors (Lipinski definition) is 1. The fraction of sp³-hybridized carbons (Fsp3) is 0.526. The van der Waals surface area contributed by atoms with Gasteiger partial charge in [0.2, 0.25) is 10.0 Å². The molecule has 0 amide bonds. The van der Waals surface area contributed by atoms with Crippen LogP contribution in [0.2, 0.25) is 0 Å². The molecular weight excluding hydrogens is 348 g/mol. The first-order valence-electron chi connectivity index (χ1n) is 9.27. The first kappa shape index (κ1) is 19.1. The molecule has 0 atom stereocenters. The van der Waals surface area contributed by atoms with Crippen LogP contribution in [0.25, 0.3) is 0 Å². The van der Waals surface area contributed by atoms with Crippen molar-refractivity contribution in [2.75, 3.05) is 6.54 Å². The molecule has 2 aromatic rings. The molecular formula is C19H28N4O2S. The summed E-state index contributed by atoms with van der Waals surface area (Å²) in [7, 11) is -3.57. The fourth-order valence-electron chi connectivity index (χ4n) is 3.32. The van der Waals surface area contributed by atoms with Gasteiger partial charge in [0.15, 0.2) is 0 Å². The number of sulfonamides is 1. The van der Waals surface area contributed by atoms with Crippen LogP contribution < -0.4 is 5.32 Å². The summed E-state index contributed by atoms with van der Waals surface area (Å²) in [6.45, 7) is 8.71. The van der Waals surface area contributed by atoms with Crippen LogP contribution in [0, 0.1) is 0 Å². The van der Waals surface area contributed by atoms with Crippen molar-refractivity contribution < 1.29 is 8.42 Å². The Kier molecular flexibility index (Phi) is 5.79. The topological polar surface area (TPSA) is 67.2 Å². The maximum atomic E-state index is 13.3. The summed E-state index contributed by atoms with van der Waals surface area (Å²) in [4.78, 5) is 0.384. The summed E-state index contributed by atoms with van der Waals surface area (Å²) >= 11 is 0. The second kappa shape index (κ2) is 7.90. The van der Waals surface area contributed by atoms with Crippen LogP contribution in [-0.2, 0) is 36.1 Å². The van der Waals surface area contributed by atoms with Gasteiger partial charge in [-0.3, -0.25) is 4.68 Å². The van der Waals surface area contributed by atoms with Gasteiger partial charge in [0.1, 0.15) is 0 Å². The van der Waals surface area contributed by atoms with Crippen molar-refractivity contribution in [3.8, 4) is 0 Å². The highest BCUT2D eigenvalue weighted by Gasteiger charge is 2.28. The number of benzene rings is 1. The lowest BCUT2D eigenvalue weighted by Gasteiger charge is -2.26. The molecule has 0 unspecified atom stereocenters. The van der Waals surface area contributed by atoms with E-state index in [2.05, 4.69) is 10.4 Å². The maximum absolute atomic E-state index is 13.3. The van der Waals surface area contributed by atoms with Gasteiger partial charge < -0.3 is 5.32 Å². The molecule has 142 valence electrons. The first-order chi connectivity index (χ1) is 12.4. The molecule has 1 aromatic heterocycles. The van der Waals surface area contributed by atoms with E-state index in [0.717, 1.165) is 43.6 Å². The Balaban J connectivity index is 1.91. The molecule has 7 heteroatoms. The maximum Gasteiger partial charge on any atom is 0.243 e. The van der Waals surface area contributed by atoms with Crippen LogP contribution in [0.15, 0.2) is 35.5 Å². The number of aromatic nitrogens is 2. The predicted octanol–water partition coefficient (Wildman–Crippen LogP) is 2.54. The summed E-state index contributed by atoms with van der Waals surface area (Å²) < 4.78 is 30.0. The third kappa shape index (κ3) is 4.00. The largest absolute Gasteiger partial charge is 0.313 e. The first-order valence-corrected chi connectivity index (χ1v) is 10.7. The van der Waals surface area contributed by atoms with Crippen LogP contribution in [0.1, 0.15) is 43.9 Å². The van der Waals surface area contributed by atoms with E-state index in [1.54, 1.807) is 16.6 Å². The summed E-state index contributed by atoms with van der Waals surface area (Å²) in [6.07, 6.45) is 5.60. The quantitative estimate of drug-likeness (QED) is 0.841. The van der Waals surface area contributed by atoms with E-state index in [-0.39, 0.29) is 6.04 Å². The Labute approximate surface area is 156 Å². The highest BCUT2D eigenvalue weighted by Crippen LogP contribution is 2.25. The van der Waals surface area contributed by atoms with Gasteiger partial charge in [0, 0.05) is 37.4 Å². The summed E-state index contributed by atoms with van der Waals surface area (Å²) in [5.41, 5.74) is 3.24. The average Bonchev–Trinajstić information content (AvgIpc) is 2.94. The molecule has 0 fully saturated rings. The molecule has 2 heterocycles.